The fourth-order valence-corrected chi connectivity index (χ4v) is 2.66. The van der Waals surface area contributed by atoms with Gasteiger partial charge < -0.3 is 19.3 Å². The highest BCUT2D eigenvalue weighted by molar-refractivity contribution is 5.15. The topological polar surface area (TPSA) is 47.9 Å². The first-order valence-electron chi connectivity index (χ1n) is 8.11. The molecule has 2 aromatic rings. The third kappa shape index (κ3) is 4.45. The van der Waals surface area contributed by atoms with Gasteiger partial charge >= 0.3 is 0 Å². The van der Waals surface area contributed by atoms with Crippen LogP contribution in [-0.2, 0) is 27.4 Å². The summed E-state index contributed by atoms with van der Waals surface area (Å²) >= 11 is 0. The molecule has 0 spiro atoms. The number of rotatable bonds is 7. The largest absolute Gasteiger partial charge is 0.493 e. The molecule has 0 amide bonds. The summed E-state index contributed by atoms with van der Waals surface area (Å²) in [6.45, 7) is 0.818. The molecule has 1 N–H and O–H groups in total. The van der Waals surface area contributed by atoms with Crippen molar-refractivity contribution >= 4 is 0 Å². The molecule has 0 bridgehead atoms. The van der Waals surface area contributed by atoms with Crippen LogP contribution >= 0.6 is 0 Å². The number of aliphatic hydroxyl groups is 1. The van der Waals surface area contributed by atoms with Gasteiger partial charge in [-0.15, -0.1) is 0 Å². The van der Waals surface area contributed by atoms with Crippen LogP contribution in [0.4, 0.5) is 0 Å². The molecular formula is C20H22O4. The zero-order chi connectivity index (χ0) is 16.6. The van der Waals surface area contributed by atoms with E-state index in [0.29, 0.717) is 13.2 Å². The fourth-order valence-electron chi connectivity index (χ4n) is 2.66. The van der Waals surface area contributed by atoms with Gasteiger partial charge in [0.05, 0.1) is 26.1 Å². The molecule has 1 aliphatic heterocycles. The van der Waals surface area contributed by atoms with Crippen LogP contribution in [0.15, 0.2) is 73.0 Å². The monoisotopic (exact) mass is 326 g/mol. The Morgan fingerprint density at radius 3 is 2.00 bits per heavy atom. The van der Waals surface area contributed by atoms with Crippen LogP contribution in [0.2, 0.25) is 0 Å². The van der Waals surface area contributed by atoms with Gasteiger partial charge in [0.15, 0.2) is 0 Å². The van der Waals surface area contributed by atoms with Crippen LogP contribution in [0.25, 0.3) is 0 Å². The van der Waals surface area contributed by atoms with Crippen molar-refractivity contribution in [2.45, 2.75) is 31.5 Å². The zero-order valence-electron chi connectivity index (χ0n) is 13.5. The summed E-state index contributed by atoms with van der Waals surface area (Å²) in [6.07, 6.45) is 2.37. The van der Waals surface area contributed by atoms with Crippen molar-refractivity contribution in [1.82, 2.24) is 0 Å². The van der Waals surface area contributed by atoms with Gasteiger partial charge in [-0.25, -0.2) is 0 Å². The molecule has 0 fully saturated rings. The predicted molar refractivity (Wildman–Crippen MR) is 91.1 cm³/mol. The van der Waals surface area contributed by atoms with Crippen LogP contribution in [0.3, 0.4) is 0 Å². The van der Waals surface area contributed by atoms with Gasteiger partial charge in [-0.3, -0.25) is 0 Å². The highest BCUT2D eigenvalue weighted by Gasteiger charge is 2.33. The number of aliphatic hydroxyl groups excluding tert-OH is 1. The Bertz CT molecular complexity index is 627. The maximum atomic E-state index is 9.57. The summed E-state index contributed by atoms with van der Waals surface area (Å²) in [7, 11) is 0. The van der Waals surface area contributed by atoms with E-state index >= 15 is 0 Å². The summed E-state index contributed by atoms with van der Waals surface area (Å²) in [4.78, 5) is 0. The van der Waals surface area contributed by atoms with E-state index in [1.165, 1.54) is 0 Å². The number of hydrogen-bond donors (Lipinski definition) is 1. The first kappa shape index (κ1) is 16.7. The number of ether oxygens (including phenoxy) is 3. The van der Waals surface area contributed by atoms with E-state index in [9.17, 15) is 5.11 Å². The second-order valence-corrected chi connectivity index (χ2v) is 5.71. The average molecular weight is 326 g/mol. The van der Waals surface area contributed by atoms with Crippen molar-refractivity contribution in [3.63, 3.8) is 0 Å². The lowest BCUT2D eigenvalue weighted by molar-refractivity contribution is -0.140. The molecule has 3 rings (SSSR count). The second kappa shape index (κ2) is 8.64. The lowest BCUT2D eigenvalue weighted by Crippen LogP contribution is -2.45. The maximum Gasteiger partial charge on any atom is 0.150 e. The summed E-state index contributed by atoms with van der Waals surface area (Å²) in [5.41, 5.74) is 2.17. The Morgan fingerprint density at radius 2 is 1.42 bits per heavy atom. The smallest absolute Gasteiger partial charge is 0.150 e. The Balaban J connectivity index is 1.63. The number of hydrogen-bond acceptors (Lipinski definition) is 4. The Kier molecular flexibility index (Phi) is 6.01. The van der Waals surface area contributed by atoms with E-state index < -0.39 is 6.10 Å². The van der Waals surface area contributed by atoms with Gasteiger partial charge in [0.25, 0.3) is 0 Å². The molecule has 4 heteroatoms. The van der Waals surface area contributed by atoms with Crippen LogP contribution in [0.5, 0.6) is 0 Å². The molecule has 0 saturated heterocycles. The lowest BCUT2D eigenvalue weighted by Gasteiger charge is -2.33. The van der Waals surface area contributed by atoms with Crippen molar-refractivity contribution in [1.29, 1.82) is 0 Å². The minimum atomic E-state index is -0.431. The molecular weight excluding hydrogens is 304 g/mol. The van der Waals surface area contributed by atoms with Crippen molar-refractivity contribution in [3.05, 3.63) is 84.1 Å². The van der Waals surface area contributed by atoms with Gasteiger partial charge in [-0.2, -0.15) is 0 Å². The molecule has 24 heavy (non-hydrogen) atoms. The van der Waals surface area contributed by atoms with Gasteiger partial charge in [0.2, 0.25) is 0 Å². The standard InChI is InChI=1S/C20H22O4/c21-13-19-20(24-15-17-9-5-2-6-10-17)18(11-12-22-19)23-14-16-7-3-1-4-8-16/h1-12,18-21H,13-15H2/t18?,19?,20-/m0/s1. The molecule has 0 radical (unpaired) electrons. The van der Waals surface area contributed by atoms with Crippen LogP contribution in [0, 0.1) is 0 Å². The van der Waals surface area contributed by atoms with E-state index in [4.69, 9.17) is 14.2 Å². The summed E-state index contributed by atoms with van der Waals surface area (Å²) < 4.78 is 17.5. The average Bonchev–Trinajstić information content (AvgIpc) is 2.66. The predicted octanol–water partition coefficient (Wildman–Crippen LogP) is 3.06. The normalized spacial score (nSPS) is 23.0. The minimum absolute atomic E-state index is 0.116. The quantitative estimate of drug-likeness (QED) is 0.849. The summed E-state index contributed by atoms with van der Waals surface area (Å²) in [5, 5.41) is 9.57. The van der Waals surface area contributed by atoms with E-state index in [2.05, 4.69) is 0 Å². The third-order valence-corrected chi connectivity index (χ3v) is 3.96. The number of benzene rings is 2. The minimum Gasteiger partial charge on any atom is -0.493 e. The van der Waals surface area contributed by atoms with Crippen LogP contribution in [-0.4, -0.2) is 30.0 Å². The lowest BCUT2D eigenvalue weighted by atomic mass is 10.1. The van der Waals surface area contributed by atoms with E-state index in [1.807, 2.05) is 66.7 Å². The van der Waals surface area contributed by atoms with Gasteiger partial charge in [-0.05, 0) is 17.2 Å². The Labute approximate surface area is 142 Å². The molecule has 0 aliphatic carbocycles. The van der Waals surface area contributed by atoms with Crippen molar-refractivity contribution in [3.8, 4) is 0 Å². The van der Waals surface area contributed by atoms with E-state index in [0.717, 1.165) is 11.1 Å². The third-order valence-electron chi connectivity index (χ3n) is 3.96. The molecule has 1 aliphatic rings. The Morgan fingerprint density at radius 1 is 0.833 bits per heavy atom. The molecule has 3 atom stereocenters. The highest BCUT2D eigenvalue weighted by atomic mass is 16.6. The maximum absolute atomic E-state index is 9.57. The molecule has 2 aromatic carbocycles. The van der Waals surface area contributed by atoms with Gasteiger partial charge in [0, 0.05) is 0 Å². The Hall–Kier alpha value is -2.14. The molecule has 0 aromatic heterocycles. The van der Waals surface area contributed by atoms with Gasteiger partial charge in [0.1, 0.15) is 18.3 Å². The fraction of sp³-hybridized carbons (Fsp3) is 0.300. The van der Waals surface area contributed by atoms with Gasteiger partial charge in [-0.1, -0.05) is 60.7 Å². The van der Waals surface area contributed by atoms with Crippen LogP contribution < -0.4 is 0 Å². The second-order valence-electron chi connectivity index (χ2n) is 5.71. The van der Waals surface area contributed by atoms with E-state index in [-0.39, 0.29) is 18.8 Å². The van der Waals surface area contributed by atoms with Crippen molar-refractivity contribution in [2.24, 2.45) is 0 Å². The van der Waals surface area contributed by atoms with E-state index in [1.54, 1.807) is 6.26 Å². The van der Waals surface area contributed by atoms with Crippen molar-refractivity contribution in [2.75, 3.05) is 6.61 Å². The molecule has 126 valence electrons. The first-order valence-corrected chi connectivity index (χ1v) is 8.11. The highest BCUT2D eigenvalue weighted by Crippen LogP contribution is 2.21. The molecule has 4 nitrogen and oxygen atoms in total. The first-order chi connectivity index (χ1) is 11.9. The SMILES string of the molecule is OCC1OC=CC(OCc2ccccc2)[C@@H]1OCc1ccccc1. The van der Waals surface area contributed by atoms with Crippen LogP contribution in [0.1, 0.15) is 11.1 Å². The molecule has 1 heterocycles. The summed E-state index contributed by atoms with van der Waals surface area (Å²) in [6, 6.07) is 19.9. The molecule has 0 saturated carbocycles. The molecule has 2 unspecified atom stereocenters. The summed E-state index contributed by atoms with van der Waals surface area (Å²) in [5.74, 6) is 0. The van der Waals surface area contributed by atoms with Crippen molar-refractivity contribution < 1.29 is 19.3 Å². The zero-order valence-corrected chi connectivity index (χ0v) is 13.5.